The molecular weight excluding hydrogens is 294 g/mol. The van der Waals surface area contributed by atoms with Gasteiger partial charge < -0.3 is 20.3 Å². The molecule has 124 valence electrons. The summed E-state index contributed by atoms with van der Waals surface area (Å²) in [6.07, 6.45) is 2.16. The van der Waals surface area contributed by atoms with Gasteiger partial charge in [0.15, 0.2) is 0 Å². The lowest BCUT2D eigenvalue weighted by Crippen LogP contribution is -2.41. The lowest BCUT2D eigenvalue weighted by Gasteiger charge is -2.27. The maximum absolute atomic E-state index is 12.6. The van der Waals surface area contributed by atoms with Gasteiger partial charge in [-0.25, -0.2) is 0 Å². The summed E-state index contributed by atoms with van der Waals surface area (Å²) in [6.45, 7) is 4.56. The molecule has 2 fully saturated rings. The largest absolute Gasteiger partial charge is 0.378 e. The minimum absolute atomic E-state index is 0.00295. The van der Waals surface area contributed by atoms with E-state index < -0.39 is 0 Å². The fraction of sp³-hybridized carbons (Fsp3) is 0.529. The summed E-state index contributed by atoms with van der Waals surface area (Å²) >= 11 is 0. The lowest BCUT2D eigenvalue weighted by molar-refractivity contribution is -0.119. The van der Waals surface area contributed by atoms with Crippen LogP contribution < -0.4 is 10.6 Å². The Morgan fingerprint density at radius 1 is 1.26 bits per heavy atom. The molecule has 0 unspecified atom stereocenters. The Balaban J connectivity index is 1.64. The number of hydrogen-bond acceptors (Lipinski definition) is 4. The van der Waals surface area contributed by atoms with Crippen LogP contribution in [0.25, 0.3) is 0 Å². The zero-order valence-electron chi connectivity index (χ0n) is 13.4. The average molecular weight is 317 g/mol. The molecule has 2 N–H and O–H groups in total. The fourth-order valence-corrected chi connectivity index (χ4v) is 2.68. The van der Waals surface area contributed by atoms with Crippen LogP contribution in [0.4, 0.5) is 5.69 Å². The standard InChI is InChI=1S/C17H23N3O3/c1-12-14(17(22)20-7-9-23-10-8-20)3-2-4-15(12)18-11-16(21)19-13-5-6-13/h2-4,13,18H,5-11H2,1H3,(H,19,21). The van der Waals surface area contributed by atoms with E-state index in [1.165, 1.54) is 0 Å². The second-order valence-corrected chi connectivity index (χ2v) is 6.08. The van der Waals surface area contributed by atoms with Crippen LogP contribution in [-0.2, 0) is 9.53 Å². The highest BCUT2D eigenvalue weighted by molar-refractivity contribution is 5.97. The Morgan fingerprint density at radius 3 is 2.70 bits per heavy atom. The number of hydrogen-bond donors (Lipinski definition) is 2. The van der Waals surface area contributed by atoms with E-state index in [1.54, 1.807) is 0 Å². The summed E-state index contributed by atoms with van der Waals surface area (Å²) in [5, 5.41) is 6.08. The van der Waals surface area contributed by atoms with Crippen LogP contribution in [0.1, 0.15) is 28.8 Å². The number of carbonyl (C=O) groups is 2. The van der Waals surface area contributed by atoms with E-state index >= 15 is 0 Å². The van der Waals surface area contributed by atoms with Crippen molar-refractivity contribution in [2.45, 2.75) is 25.8 Å². The summed E-state index contributed by atoms with van der Waals surface area (Å²) in [4.78, 5) is 26.2. The Hall–Kier alpha value is -2.08. The predicted octanol–water partition coefficient (Wildman–Crippen LogP) is 1.16. The van der Waals surface area contributed by atoms with E-state index in [0.717, 1.165) is 24.1 Å². The van der Waals surface area contributed by atoms with Crippen molar-refractivity contribution in [3.05, 3.63) is 29.3 Å². The monoisotopic (exact) mass is 317 g/mol. The molecule has 1 saturated heterocycles. The first-order chi connectivity index (χ1) is 11.1. The van der Waals surface area contributed by atoms with Crippen molar-refractivity contribution in [1.29, 1.82) is 0 Å². The van der Waals surface area contributed by atoms with Gasteiger partial charge in [0.25, 0.3) is 5.91 Å². The molecule has 23 heavy (non-hydrogen) atoms. The molecular formula is C17H23N3O3. The molecule has 1 saturated carbocycles. The molecule has 3 rings (SSSR count). The van der Waals surface area contributed by atoms with Crippen LogP contribution in [0.2, 0.25) is 0 Å². The molecule has 0 atom stereocenters. The average Bonchev–Trinajstić information content (AvgIpc) is 3.38. The number of anilines is 1. The highest BCUT2D eigenvalue weighted by atomic mass is 16.5. The van der Waals surface area contributed by atoms with Gasteiger partial charge in [-0.05, 0) is 37.5 Å². The third-order valence-electron chi connectivity index (χ3n) is 4.24. The van der Waals surface area contributed by atoms with Crippen LogP contribution in [0.5, 0.6) is 0 Å². The molecule has 0 spiro atoms. The first-order valence-corrected chi connectivity index (χ1v) is 8.15. The number of carbonyl (C=O) groups excluding carboxylic acids is 2. The summed E-state index contributed by atoms with van der Waals surface area (Å²) < 4.78 is 5.29. The molecule has 6 nitrogen and oxygen atoms in total. The smallest absolute Gasteiger partial charge is 0.254 e. The van der Waals surface area contributed by atoms with E-state index in [9.17, 15) is 9.59 Å². The molecule has 2 amide bonds. The maximum atomic E-state index is 12.6. The van der Waals surface area contributed by atoms with Crippen molar-refractivity contribution in [1.82, 2.24) is 10.2 Å². The quantitative estimate of drug-likeness (QED) is 0.855. The number of rotatable bonds is 5. The molecule has 6 heteroatoms. The van der Waals surface area contributed by atoms with E-state index in [2.05, 4.69) is 10.6 Å². The summed E-state index contributed by atoms with van der Waals surface area (Å²) in [5.41, 5.74) is 2.39. The molecule has 0 radical (unpaired) electrons. The van der Waals surface area contributed by atoms with Gasteiger partial charge in [0.1, 0.15) is 0 Å². The summed E-state index contributed by atoms with van der Waals surface area (Å²) in [7, 11) is 0. The minimum Gasteiger partial charge on any atom is -0.378 e. The zero-order valence-corrected chi connectivity index (χ0v) is 13.4. The van der Waals surface area contributed by atoms with Gasteiger partial charge in [0.2, 0.25) is 5.91 Å². The minimum atomic E-state index is -0.00295. The lowest BCUT2D eigenvalue weighted by atomic mass is 10.0. The first-order valence-electron chi connectivity index (χ1n) is 8.15. The van der Waals surface area contributed by atoms with Gasteiger partial charge in [0, 0.05) is 30.4 Å². The van der Waals surface area contributed by atoms with E-state index in [0.29, 0.717) is 37.9 Å². The molecule has 1 aliphatic heterocycles. The number of amides is 2. The van der Waals surface area contributed by atoms with Crippen LogP contribution in [0, 0.1) is 6.92 Å². The summed E-state index contributed by atoms with van der Waals surface area (Å²) in [5.74, 6) is 0.0219. The van der Waals surface area contributed by atoms with Crippen LogP contribution in [0.15, 0.2) is 18.2 Å². The summed E-state index contributed by atoms with van der Waals surface area (Å²) in [6, 6.07) is 5.94. The van der Waals surface area contributed by atoms with Crippen LogP contribution in [-0.4, -0.2) is 55.6 Å². The Labute approximate surface area is 136 Å². The van der Waals surface area contributed by atoms with Crippen molar-refractivity contribution in [3.63, 3.8) is 0 Å². The van der Waals surface area contributed by atoms with Gasteiger partial charge in [-0.15, -0.1) is 0 Å². The number of morpholine rings is 1. The predicted molar refractivity (Wildman–Crippen MR) is 87.6 cm³/mol. The number of ether oxygens (including phenoxy) is 1. The van der Waals surface area contributed by atoms with Crippen molar-refractivity contribution in [2.75, 3.05) is 38.2 Å². The van der Waals surface area contributed by atoms with E-state index in [1.807, 2.05) is 30.0 Å². The molecule has 0 aromatic heterocycles. The molecule has 0 bridgehead atoms. The maximum Gasteiger partial charge on any atom is 0.254 e. The number of nitrogens with zero attached hydrogens (tertiary/aromatic N) is 1. The normalized spacial score (nSPS) is 17.7. The molecule has 1 heterocycles. The number of nitrogens with one attached hydrogen (secondary N) is 2. The van der Waals surface area contributed by atoms with Gasteiger partial charge in [0.05, 0.1) is 19.8 Å². The van der Waals surface area contributed by atoms with Gasteiger partial charge in [-0.3, -0.25) is 9.59 Å². The Kier molecular flexibility index (Phi) is 4.81. The topological polar surface area (TPSA) is 70.7 Å². The van der Waals surface area contributed by atoms with Crippen molar-refractivity contribution >= 4 is 17.5 Å². The number of benzene rings is 1. The second-order valence-electron chi connectivity index (χ2n) is 6.08. The van der Waals surface area contributed by atoms with E-state index in [-0.39, 0.29) is 18.4 Å². The molecule has 1 aromatic rings. The van der Waals surface area contributed by atoms with Crippen molar-refractivity contribution in [2.24, 2.45) is 0 Å². The second kappa shape index (κ2) is 7.00. The molecule has 1 aliphatic carbocycles. The van der Waals surface area contributed by atoms with E-state index in [4.69, 9.17) is 4.74 Å². The zero-order chi connectivity index (χ0) is 16.2. The first kappa shape index (κ1) is 15.8. The van der Waals surface area contributed by atoms with Crippen molar-refractivity contribution in [3.8, 4) is 0 Å². The fourth-order valence-electron chi connectivity index (χ4n) is 2.68. The highest BCUT2D eigenvalue weighted by Crippen LogP contribution is 2.21. The van der Waals surface area contributed by atoms with Gasteiger partial charge in [-0.1, -0.05) is 6.07 Å². The SMILES string of the molecule is Cc1c(NCC(=O)NC2CC2)cccc1C(=O)N1CCOCC1. The highest BCUT2D eigenvalue weighted by Gasteiger charge is 2.23. The van der Waals surface area contributed by atoms with Crippen molar-refractivity contribution < 1.29 is 14.3 Å². The molecule has 1 aromatic carbocycles. The van der Waals surface area contributed by atoms with Crippen LogP contribution >= 0.6 is 0 Å². The third kappa shape index (κ3) is 4.01. The van der Waals surface area contributed by atoms with Gasteiger partial charge in [-0.2, -0.15) is 0 Å². The van der Waals surface area contributed by atoms with Gasteiger partial charge >= 0.3 is 0 Å². The third-order valence-corrected chi connectivity index (χ3v) is 4.24. The molecule has 2 aliphatic rings. The van der Waals surface area contributed by atoms with Crippen LogP contribution in [0.3, 0.4) is 0 Å². The Bertz CT molecular complexity index is 593. The Morgan fingerprint density at radius 2 is 2.00 bits per heavy atom.